The van der Waals surface area contributed by atoms with E-state index in [2.05, 4.69) is 5.32 Å². The number of likely N-dealkylation sites (tertiary alicyclic amines) is 1. The maximum Gasteiger partial charge on any atom is 0.233 e. The number of carbonyl (C=O) groups is 3. The predicted octanol–water partition coefficient (Wildman–Crippen LogP) is 1.71. The van der Waals surface area contributed by atoms with Gasteiger partial charge in [-0.05, 0) is 24.3 Å². The Morgan fingerprint density at radius 3 is 2.50 bits per heavy atom. The highest BCUT2D eigenvalue weighted by molar-refractivity contribution is 7.09. The molecule has 2 aliphatic rings. The number of thiophene rings is 1. The second kappa shape index (κ2) is 6.44. The topological polar surface area (TPSA) is 66.5 Å². The zero-order valence-corrected chi connectivity index (χ0v) is 13.0. The quantitative estimate of drug-likeness (QED) is 0.664. The van der Waals surface area contributed by atoms with E-state index < -0.39 is 0 Å². The minimum atomic E-state index is -0.216. The van der Waals surface area contributed by atoms with Crippen LogP contribution in [0.1, 0.15) is 24.1 Å². The molecule has 2 heterocycles. The highest BCUT2D eigenvalue weighted by Gasteiger charge is 2.46. The normalized spacial score (nSPS) is 23.7. The van der Waals surface area contributed by atoms with Crippen LogP contribution in [-0.2, 0) is 20.9 Å². The summed E-state index contributed by atoms with van der Waals surface area (Å²) in [6, 6.07) is 3.89. The number of imide groups is 1. The molecule has 1 aromatic heterocycles. The van der Waals surface area contributed by atoms with Crippen LogP contribution in [0, 0.1) is 11.8 Å². The van der Waals surface area contributed by atoms with E-state index in [9.17, 15) is 14.4 Å². The third-order valence-electron chi connectivity index (χ3n) is 4.20. The first-order chi connectivity index (χ1) is 10.7. The van der Waals surface area contributed by atoms with Gasteiger partial charge in [0.1, 0.15) is 0 Å². The Balaban J connectivity index is 1.50. The van der Waals surface area contributed by atoms with Crippen molar-refractivity contribution in [1.29, 1.82) is 0 Å². The summed E-state index contributed by atoms with van der Waals surface area (Å²) in [6.07, 6.45) is 5.36. The Labute approximate surface area is 133 Å². The number of fused-ring (bicyclic) bond motifs is 1. The fourth-order valence-electron chi connectivity index (χ4n) is 2.99. The number of carbonyl (C=O) groups excluding carboxylic acids is 3. The first kappa shape index (κ1) is 15.0. The molecule has 3 rings (SSSR count). The maximum absolute atomic E-state index is 12.2. The van der Waals surface area contributed by atoms with Gasteiger partial charge in [-0.2, -0.15) is 0 Å². The van der Waals surface area contributed by atoms with Crippen LogP contribution in [0.5, 0.6) is 0 Å². The second-order valence-corrected chi connectivity index (χ2v) is 6.62. The van der Waals surface area contributed by atoms with Crippen molar-refractivity contribution in [2.24, 2.45) is 11.8 Å². The van der Waals surface area contributed by atoms with Crippen LogP contribution in [0.15, 0.2) is 29.7 Å². The largest absolute Gasteiger partial charge is 0.351 e. The molecule has 1 saturated heterocycles. The Morgan fingerprint density at radius 2 is 1.91 bits per heavy atom. The summed E-state index contributed by atoms with van der Waals surface area (Å²) < 4.78 is 0. The molecule has 0 saturated carbocycles. The molecular formula is C16H18N2O3S. The van der Waals surface area contributed by atoms with Crippen molar-refractivity contribution in [2.75, 3.05) is 6.54 Å². The van der Waals surface area contributed by atoms with Gasteiger partial charge in [0.05, 0.1) is 18.4 Å². The third-order valence-corrected chi connectivity index (χ3v) is 5.08. The lowest BCUT2D eigenvalue weighted by Gasteiger charge is -2.14. The van der Waals surface area contributed by atoms with Crippen molar-refractivity contribution in [3.05, 3.63) is 34.5 Å². The molecule has 116 valence electrons. The summed E-state index contributed by atoms with van der Waals surface area (Å²) in [5, 5.41) is 4.77. The molecule has 2 unspecified atom stereocenters. The molecule has 0 bridgehead atoms. The van der Waals surface area contributed by atoms with Crippen molar-refractivity contribution in [3.8, 4) is 0 Å². The number of nitrogens with zero attached hydrogens (tertiary/aromatic N) is 1. The average Bonchev–Trinajstić information content (AvgIpc) is 3.13. The van der Waals surface area contributed by atoms with Crippen molar-refractivity contribution in [2.45, 2.75) is 25.8 Å². The molecule has 3 amide bonds. The highest BCUT2D eigenvalue weighted by Crippen LogP contribution is 2.34. The van der Waals surface area contributed by atoms with E-state index in [1.807, 2.05) is 29.7 Å². The SMILES string of the molecule is O=C(CCN1C(=O)C2CC=CCC2C1=O)NCc1cccs1. The van der Waals surface area contributed by atoms with E-state index in [1.54, 1.807) is 11.3 Å². The maximum atomic E-state index is 12.2. The van der Waals surface area contributed by atoms with Crippen LogP contribution < -0.4 is 5.32 Å². The number of nitrogens with one attached hydrogen (secondary N) is 1. The second-order valence-electron chi connectivity index (χ2n) is 5.59. The van der Waals surface area contributed by atoms with E-state index in [0.717, 1.165) is 4.88 Å². The first-order valence-electron chi connectivity index (χ1n) is 7.46. The Hall–Kier alpha value is -1.95. The lowest BCUT2D eigenvalue weighted by atomic mass is 9.85. The van der Waals surface area contributed by atoms with Crippen molar-refractivity contribution >= 4 is 29.1 Å². The van der Waals surface area contributed by atoms with Gasteiger partial charge in [0.25, 0.3) is 0 Å². The fourth-order valence-corrected chi connectivity index (χ4v) is 3.63. The van der Waals surface area contributed by atoms with Crippen molar-refractivity contribution in [3.63, 3.8) is 0 Å². The summed E-state index contributed by atoms with van der Waals surface area (Å²) >= 11 is 1.58. The molecule has 1 fully saturated rings. The Morgan fingerprint density at radius 1 is 1.23 bits per heavy atom. The third kappa shape index (κ3) is 2.97. The van der Waals surface area contributed by atoms with Crippen LogP contribution in [0.4, 0.5) is 0 Å². The molecule has 6 heteroatoms. The lowest BCUT2D eigenvalue weighted by Crippen LogP contribution is -2.35. The van der Waals surface area contributed by atoms with E-state index in [-0.39, 0.29) is 42.5 Å². The van der Waals surface area contributed by atoms with Crippen LogP contribution >= 0.6 is 11.3 Å². The van der Waals surface area contributed by atoms with E-state index >= 15 is 0 Å². The number of amides is 3. The molecule has 1 N–H and O–H groups in total. The molecule has 1 aliphatic carbocycles. The zero-order chi connectivity index (χ0) is 15.5. The van der Waals surface area contributed by atoms with Gasteiger partial charge in [-0.1, -0.05) is 18.2 Å². The molecule has 0 radical (unpaired) electrons. The molecule has 0 spiro atoms. The first-order valence-corrected chi connectivity index (χ1v) is 8.34. The number of allylic oxidation sites excluding steroid dienone is 2. The van der Waals surface area contributed by atoms with Gasteiger partial charge in [-0.25, -0.2) is 0 Å². The van der Waals surface area contributed by atoms with E-state index in [1.165, 1.54) is 4.90 Å². The molecule has 0 aromatic carbocycles. The Bertz CT molecular complexity index is 583. The number of hydrogen-bond donors (Lipinski definition) is 1. The Kier molecular flexibility index (Phi) is 4.38. The number of rotatable bonds is 5. The fraction of sp³-hybridized carbons (Fsp3) is 0.438. The van der Waals surface area contributed by atoms with E-state index in [4.69, 9.17) is 0 Å². The summed E-state index contributed by atoms with van der Waals surface area (Å²) in [4.78, 5) is 38.7. The van der Waals surface area contributed by atoms with Crippen molar-refractivity contribution in [1.82, 2.24) is 10.2 Å². The smallest absolute Gasteiger partial charge is 0.233 e. The van der Waals surface area contributed by atoms with Crippen LogP contribution in [0.3, 0.4) is 0 Å². The monoisotopic (exact) mass is 318 g/mol. The van der Waals surface area contributed by atoms with Crippen LogP contribution in [0.25, 0.3) is 0 Å². The van der Waals surface area contributed by atoms with Gasteiger partial charge >= 0.3 is 0 Å². The molecule has 1 aliphatic heterocycles. The summed E-state index contributed by atoms with van der Waals surface area (Å²) in [5.74, 6) is -0.809. The minimum absolute atomic E-state index is 0.120. The van der Waals surface area contributed by atoms with E-state index in [0.29, 0.717) is 19.4 Å². The number of hydrogen-bond acceptors (Lipinski definition) is 4. The van der Waals surface area contributed by atoms with Gasteiger partial charge in [0.15, 0.2) is 0 Å². The summed E-state index contributed by atoms with van der Waals surface area (Å²) in [6.45, 7) is 0.675. The highest BCUT2D eigenvalue weighted by atomic mass is 32.1. The van der Waals surface area contributed by atoms with Gasteiger partial charge in [-0.15, -0.1) is 11.3 Å². The average molecular weight is 318 g/mol. The molecule has 22 heavy (non-hydrogen) atoms. The van der Waals surface area contributed by atoms with Gasteiger partial charge in [-0.3, -0.25) is 19.3 Å². The molecular weight excluding hydrogens is 300 g/mol. The lowest BCUT2D eigenvalue weighted by molar-refractivity contribution is -0.140. The predicted molar refractivity (Wildman–Crippen MR) is 82.9 cm³/mol. The van der Waals surface area contributed by atoms with Gasteiger partial charge < -0.3 is 5.32 Å². The standard InChI is InChI=1S/C16H18N2O3S/c19-14(17-10-11-4-3-9-22-11)7-8-18-15(20)12-5-1-2-6-13(12)16(18)21/h1-4,9,12-13H,5-8,10H2,(H,17,19). The minimum Gasteiger partial charge on any atom is -0.351 e. The van der Waals surface area contributed by atoms with Crippen LogP contribution in [-0.4, -0.2) is 29.2 Å². The van der Waals surface area contributed by atoms with Crippen molar-refractivity contribution < 1.29 is 14.4 Å². The summed E-state index contributed by atoms with van der Waals surface area (Å²) in [5.41, 5.74) is 0. The van der Waals surface area contributed by atoms with Crippen LogP contribution in [0.2, 0.25) is 0 Å². The zero-order valence-electron chi connectivity index (χ0n) is 12.2. The molecule has 5 nitrogen and oxygen atoms in total. The molecule has 1 aromatic rings. The van der Waals surface area contributed by atoms with Gasteiger partial charge in [0, 0.05) is 17.8 Å². The van der Waals surface area contributed by atoms with Gasteiger partial charge in [0.2, 0.25) is 17.7 Å². The summed E-state index contributed by atoms with van der Waals surface area (Å²) in [7, 11) is 0. The molecule has 2 atom stereocenters.